The van der Waals surface area contributed by atoms with Crippen molar-refractivity contribution < 1.29 is 9.53 Å². The molecule has 1 unspecified atom stereocenters. The summed E-state index contributed by atoms with van der Waals surface area (Å²) in [5.74, 6) is 1.17. The van der Waals surface area contributed by atoms with Gasteiger partial charge in [0.05, 0.1) is 6.61 Å². The number of ether oxygens (including phenoxy) is 1. The molecule has 2 heterocycles. The van der Waals surface area contributed by atoms with Gasteiger partial charge in [-0.15, -0.1) is 10.2 Å². The van der Waals surface area contributed by atoms with Crippen LogP contribution < -0.4 is 10.6 Å². The number of nitrogens with one attached hydrogen (secondary N) is 2. The molecule has 0 saturated heterocycles. The number of carbonyl (C=O) groups excluding carboxylic acids is 1. The summed E-state index contributed by atoms with van der Waals surface area (Å²) in [7, 11) is 1.59. The average Bonchev–Trinajstić information content (AvgIpc) is 2.82. The van der Waals surface area contributed by atoms with Crippen LogP contribution in [0.25, 0.3) is 5.65 Å². The van der Waals surface area contributed by atoms with Crippen molar-refractivity contribution >= 4 is 17.4 Å². The van der Waals surface area contributed by atoms with Gasteiger partial charge in [-0.25, -0.2) is 4.98 Å². The highest BCUT2D eigenvalue weighted by atomic mass is 16.5. The van der Waals surface area contributed by atoms with Crippen LogP contribution >= 0.6 is 0 Å². The number of methoxy groups -OCH3 is 1. The lowest BCUT2D eigenvalue weighted by molar-refractivity contribution is -0.121. The summed E-state index contributed by atoms with van der Waals surface area (Å²) in [6, 6.07) is -0.428. The van der Waals surface area contributed by atoms with Gasteiger partial charge in [-0.05, 0) is 13.8 Å². The molecule has 0 aromatic carbocycles. The number of rotatable bonds is 6. The third-order valence-corrected chi connectivity index (χ3v) is 2.85. The zero-order valence-electron chi connectivity index (χ0n) is 11.8. The Labute approximate surface area is 116 Å². The van der Waals surface area contributed by atoms with Crippen LogP contribution in [0.15, 0.2) is 12.4 Å². The summed E-state index contributed by atoms with van der Waals surface area (Å²) in [5, 5.41) is 13.8. The van der Waals surface area contributed by atoms with Gasteiger partial charge in [-0.1, -0.05) is 0 Å². The molecule has 0 bridgehead atoms. The van der Waals surface area contributed by atoms with E-state index < -0.39 is 6.04 Å². The highest BCUT2D eigenvalue weighted by Gasteiger charge is 2.15. The molecule has 0 spiro atoms. The van der Waals surface area contributed by atoms with E-state index in [9.17, 15) is 4.79 Å². The monoisotopic (exact) mass is 278 g/mol. The van der Waals surface area contributed by atoms with Crippen molar-refractivity contribution in [3.63, 3.8) is 0 Å². The predicted octanol–water partition coefficient (Wildman–Crippen LogP) is -0.00428. The maximum absolute atomic E-state index is 11.9. The van der Waals surface area contributed by atoms with Gasteiger partial charge in [-0.3, -0.25) is 9.20 Å². The molecule has 8 nitrogen and oxygen atoms in total. The van der Waals surface area contributed by atoms with Gasteiger partial charge in [0.25, 0.3) is 0 Å². The number of anilines is 1. The van der Waals surface area contributed by atoms with Crippen LogP contribution in [0.2, 0.25) is 0 Å². The van der Waals surface area contributed by atoms with Crippen molar-refractivity contribution in [1.82, 2.24) is 24.9 Å². The summed E-state index contributed by atoms with van der Waals surface area (Å²) in [6.07, 6.45) is 3.42. The third kappa shape index (κ3) is 3.02. The molecular formula is C12H18N6O2. The van der Waals surface area contributed by atoms with Crippen molar-refractivity contribution in [2.24, 2.45) is 0 Å². The van der Waals surface area contributed by atoms with E-state index in [-0.39, 0.29) is 5.91 Å². The second kappa shape index (κ2) is 6.29. The van der Waals surface area contributed by atoms with E-state index in [2.05, 4.69) is 25.8 Å². The van der Waals surface area contributed by atoms with E-state index in [1.165, 1.54) is 0 Å². The molecule has 0 saturated carbocycles. The SMILES string of the molecule is COCCNC(=O)C(C)Nc1nccn2c(C)nnc12. The quantitative estimate of drug-likeness (QED) is 0.722. The van der Waals surface area contributed by atoms with Crippen LogP contribution in [0.1, 0.15) is 12.7 Å². The Bertz CT molecular complexity index is 597. The fourth-order valence-corrected chi connectivity index (χ4v) is 1.74. The topological polar surface area (TPSA) is 93.4 Å². The molecule has 20 heavy (non-hydrogen) atoms. The Morgan fingerprint density at radius 1 is 1.50 bits per heavy atom. The number of aromatic nitrogens is 4. The molecule has 2 aromatic heterocycles. The van der Waals surface area contributed by atoms with Gasteiger partial charge in [0, 0.05) is 26.0 Å². The Morgan fingerprint density at radius 3 is 3.05 bits per heavy atom. The van der Waals surface area contributed by atoms with Crippen LogP contribution in [-0.2, 0) is 9.53 Å². The lowest BCUT2D eigenvalue weighted by Gasteiger charge is -2.14. The van der Waals surface area contributed by atoms with E-state index in [0.717, 1.165) is 5.82 Å². The number of nitrogens with zero attached hydrogens (tertiary/aromatic N) is 4. The number of fused-ring (bicyclic) bond motifs is 1. The maximum Gasteiger partial charge on any atom is 0.242 e. The van der Waals surface area contributed by atoms with Crippen LogP contribution in [0.3, 0.4) is 0 Å². The first-order valence-electron chi connectivity index (χ1n) is 6.33. The summed E-state index contributed by atoms with van der Waals surface area (Å²) in [4.78, 5) is 16.1. The molecule has 8 heteroatoms. The smallest absolute Gasteiger partial charge is 0.242 e. The van der Waals surface area contributed by atoms with Gasteiger partial charge in [-0.2, -0.15) is 0 Å². The Kier molecular flexibility index (Phi) is 4.46. The number of hydrogen-bond donors (Lipinski definition) is 2. The summed E-state index contributed by atoms with van der Waals surface area (Å²) < 4.78 is 6.69. The first-order chi connectivity index (χ1) is 9.63. The highest BCUT2D eigenvalue weighted by Crippen LogP contribution is 2.12. The molecule has 0 aliphatic carbocycles. The van der Waals surface area contributed by atoms with Gasteiger partial charge < -0.3 is 15.4 Å². The Balaban J connectivity index is 2.06. The lowest BCUT2D eigenvalue weighted by Crippen LogP contribution is -2.39. The molecule has 2 rings (SSSR count). The van der Waals surface area contributed by atoms with E-state index in [0.29, 0.717) is 24.6 Å². The fraction of sp³-hybridized carbons (Fsp3) is 0.500. The maximum atomic E-state index is 11.9. The molecule has 0 radical (unpaired) electrons. The third-order valence-electron chi connectivity index (χ3n) is 2.85. The Hall–Kier alpha value is -2.22. The first kappa shape index (κ1) is 14.2. The zero-order valence-corrected chi connectivity index (χ0v) is 11.8. The van der Waals surface area contributed by atoms with E-state index in [4.69, 9.17) is 4.74 Å². The average molecular weight is 278 g/mol. The summed E-state index contributed by atoms with van der Waals surface area (Å²) >= 11 is 0. The molecular weight excluding hydrogens is 260 g/mol. The number of aryl methyl sites for hydroxylation is 1. The minimum Gasteiger partial charge on any atom is -0.383 e. The lowest BCUT2D eigenvalue weighted by atomic mass is 10.3. The minimum atomic E-state index is -0.428. The van der Waals surface area contributed by atoms with Gasteiger partial charge in [0.1, 0.15) is 11.9 Å². The summed E-state index contributed by atoms with van der Waals surface area (Å²) in [6.45, 7) is 4.57. The first-order valence-corrected chi connectivity index (χ1v) is 6.33. The zero-order chi connectivity index (χ0) is 14.5. The van der Waals surface area contributed by atoms with Crippen molar-refractivity contribution in [3.8, 4) is 0 Å². The molecule has 2 N–H and O–H groups in total. The molecule has 2 aromatic rings. The number of carbonyl (C=O) groups is 1. The molecule has 1 atom stereocenters. The van der Waals surface area contributed by atoms with Crippen molar-refractivity contribution in [1.29, 1.82) is 0 Å². The van der Waals surface area contributed by atoms with Crippen LogP contribution in [0.5, 0.6) is 0 Å². The summed E-state index contributed by atoms with van der Waals surface area (Å²) in [5.41, 5.74) is 0.599. The van der Waals surface area contributed by atoms with E-state index in [1.54, 1.807) is 26.4 Å². The standard InChI is InChI=1S/C12H18N6O2/c1-8(12(19)14-5-7-20-3)15-10-11-17-16-9(2)18(11)6-4-13-10/h4,6,8H,5,7H2,1-3H3,(H,13,15)(H,14,19). The molecule has 0 fully saturated rings. The second-order valence-corrected chi connectivity index (χ2v) is 4.37. The van der Waals surface area contributed by atoms with Gasteiger partial charge >= 0.3 is 0 Å². The van der Waals surface area contributed by atoms with Gasteiger partial charge in [0.15, 0.2) is 5.82 Å². The second-order valence-electron chi connectivity index (χ2n) is 4.37. The molecule has 108 valence electrons. The molecule has 1 amide bonds. The van der Waals surface area contributed by atoms with Crippen molar-refractivity contribution in [3.05, 3.63) is 18.2 Å². The van der Waals surface area contributed by atoms with Crippen LogP contribution in [0.4, 0.5) is 5.82 Å². The predicted molar refractivity (Wildman–Crippen MR) is 73.5 cm³/mol. The largest absolute Gasteiger partial charge is 0.383 e. The molecule has 0 aliphatic heterocycles. The minimum absolute atomic E-state index is 0.123. The van der Waals surface area contributed by atoms with Crippen LogP contribution in [-0.4, -0.2) is 51.8 Å². The van der Waals surface area contributed by atoms with Crippen molar-refractivity contribution in [2.75, 3.05) is 25.6 Å². The van der Waals surface area contributed by atoms with Crippen molar-refractivity contribution in [2.45, 2.75) is 19.9 Å². The number of amides is 1. The fourth-order valence-electron chi connectivity index (χ4n) is 1.74. The Morgan fingerprint density at radius 2 is 2.30 bits per heavy atom. The normalized spacial score (nSPS) is 12.3. The van der Waals surface area contributed by atoms with E-state index >= 15 is 0 Å². The number of hydrogen-bond acceptors (Lipinski definition) is 6. The highest BCUT2D eigenvalue weighted by molar-refractivity contribution is 5.84. The van der Waals surface area contributed by atoms with E-state index in [1.807, 2.05) is 11.3 Å². The molecule has 0 aliphatic rings. The van der Waals surface area contributed by atoms with Crippen LogP contribution in [0, 0.1) is 6.92 Å². The van der Waals surface area contributed by atoms with Gasteiger partial charge in [0.2, 0.25) is 11.6 Å².